The van der Waals surface area contributed by atoms with Crippen LogP contribution in [-0.2, 0) is 0 Å². The van der Waals surface area contributed by atoms with Crippen LogP contribution in [0.5, 0.6) is 5.75 Å². The highest BCUT2D eigenvalue weighted by Crippen LogP contribution is 2.29. The summed E-state index contributed by atoms with van der Waals surface area (Å²) >= 11 is 0. The van der Waals surface area contributed by atoms with Crippen molar-refractivity contribution in [2.45, 2.75) is 25.3 Å². The van der Waals surface area contributed by atoms with Crippen molar-refractivity contribution >= 4 is 5.91 Å². The fourth-order valence-electron chi connectivity index (χ4n) is 4.49. The number of benzene rings is 1. The van der Waals surface area contributed by atoms with Crippen LogP contribution in [0, 0.1) is 11.7 Å². The van der Waals surface area contributed by atoms with Gasteiger partial charge in [0, 0.05) is 51.9 Å². The number of likely N-dealkylation sites (tertiary alicyclic amines) is 1. The van der Waals surface area contributed by atoms with Crippen LogP contribution >= 0.6 is 0 Å². The molecule has 7 heteroatoms. The number of piperidine rings is 1. The Morgan fingerprint density at radius 1 is 1.25 bits per heavy atom. The molecule has 1 aromatic carbocycles. The number of piperazine rings is 1. The molecule has 0 bridgehead atoms. The summed E-state index contributed by atoms with van der Waals surface area (Å²) in [5.74, 6) is 0.0998. The maximum absolute atomic E-state index is 13.7. The Balaban J connectivity index is 1.73. The number of carbonyl (C=O) groups is 1. The zero-order valence-corrected chi connectivity index (χ0v) is 16.9. The van der Waals surface area contributed by atoms with E-state index in [1.165, 1.54) is 25.3 Å². The lowest BCUT2D eigenvalue weighted by Crippen LogP contribution is -2.57. The van der Waals surface area contributed by atoms with Gasteiger partial charge >= 0.3 is 0 Å². The minimum Gasteiger partial charge on any atom is -0.496 e. The van der Waals surface area contributed by atoms with Crippen molar-refractivity contribution in [3.8, 4) is 5.75 Å². The number of rotatable bonds is 6. The molecule has 2 fully saturated rings. The van der Waals surface area contributed by atoms with Crippen molar-refractivity contribution in [1.29, 1.82) is 0 Å². The molecule has 6 nitrogen and oxygen atoms in total. The molecule has 0 unspecified atom stereocenters. The quantitative estimate of drug-likeness (QED) is 0.797. The maximum Gasteiger partial charge on any atom is 0.257 e. The second-order valence-corrected chi connectivity index (χ2v) is 7.92. The predicted octanol–water partition coefficient (Wildman–Crippen LogP) is 1.68. The molecule has 0 radical (unpaired) electrons. The van der Waals surface area contributed by atoms with Crippen LogP contribution in [0.1, 0.15) is 29.6 Å². The van der Waals surface area contributed by atoms with Crippen molar-refractivity contribution in [2.24, 2.45) is 5.92 Å². The van der Waals surface area contributed by atoms with Crippen LogP contribution in [0.3, 0.4) is 0 Å². The van der Waals surface area contributed by atoms with Gasteiger partial charge in [-0.1, -0.05) is 0 Å². The summed E-state index contributed by atoms with van der Waals surface area (Å²) in [6, 6.07) is 4.50. The molecular formula is C21H32FN3O3. The Bertz CT molecular complexity index is 664. The first kappa shape index (κ1) is 21.0. The molecular weight excluding hydrogens is 361 g/mol. The summed E-state index contributed by atoms with van der Waals surface area (Å²) in [5, 5.41) is 9.32. The number of methoxy groups -OCH3 is 1. The molecule has 1 aromatic rings. The van der Waals surface area contributed by atoms with Gasteiger partial charge in [-0.2, -0.15) is 0 Å². The van der Waals surface area contributed by atoms with E-state index < -0.39 is 5.82 Å². The van der Waals surface area contributed by atoms with E-state index in [-0.39, 0.29) is 18.1 Å². The van der Waals surface area contributed by atoms with Gasteiger partial charge in [-0.3, -0.25) is 9.69 Å². The molecule has 2 atom stereocenters. The summed E-state index contributed by atoms with van der Waals surface area (Å²) < 4.78 is 19.0. The number of ether oxygens (including phenoxy) is 1. The van der Waals surface area contributed by atoms with Gasteiger partial charge in [0.15, 0.2) is 0 Å². The molecule has 0 aliphatic carbocycles. The number of aliphatic hydroxyl groups excluding tert-OH is 1. The van der Waals surface area contributed by atoms with E-state index in [1.54, 1.807) is 0 Å². The van der Waals surface area contributed by atoms with E-state index in [0.717, 1.165) is 45.4 Å². The number of hydrogen-bond acceptors (Lipinski definition) is 5. The fourth-order valence-corrected chi connectivity index (χ4v) is 4.49. The van der Waals surface area contributed by atoms with Crippen LogP contribution in [-0.4, -0.2) is 91.8 Å². The predicted molar refractivity (Wildman–Crippen MR) is 106 cm³/mol. The van der Waals surface area contributed by atoms with Crippen LogP contribution in [0.4, 0.5) is 4.39 Å². The molecule has 2 aliphatic heterocycles. The molecule has 0 aromatic heterocycles. The molecule has 156 valence electrons. The molecule has 1 N–H and O–H groups in total. The number of amides is 1. The Kier molecular flexibility index (Phi) is 7.26. The summed E-state index contributed by atoms with van der Waals surface area (Å²) in [6.07, 6.45) is 2.53. The molecule has 2 heterocycles. The summed E-state index contributed by atoms with van der Waals surface area (Å²) in [5.41, 5.74) is 0.279. The number of aliphatic hydroxyl groups is 1. The minimum atomic E-state index is -0.437. The third-order valence-electron chi connectivity index (χ3n) is 6.11. The minimum absolute atomic E-state index is 0.164. The largest absolute Gasteiger partial charge is 0.496 e. The lowest BCUT2D eigenvalue weighted by molar-refractivity contribution is 0.0216. The number of carbonyl (C=O) groups excluding carboxylic acids is 1. The smallest absolute Gasteiger partial charge is 0.257 e. The lowest BCUT2D eigenvalue weighted by atomic mass is 9.86. The first-order valence-corrected chi connectivity index (χ1v) is 10.2. The van der Waals surface area contributed by atoms with E-state index >= 15 is 0 Å². The maximum atomic E-state index is 13.7. The van der Waals surface area contributed by atoms with Crippen molar-refractivity contribution in [2.75, 3.05) is 60.0 Å². The zero-order chi connectivity index (χ0) is 20.1. The molecule has 2 aliphatic rings. The van der Waals surface area contributed by atoms with Crippen molar-refractivity contribution < 1.29 is 19.0 Å². The first-order valence-electron chi connectivity index (χ1n) is 10.2. The molecule has 2 saturated heterocycles. The lowest BCUT2D eigenvalue weighted by Gasteiger charge is -2.46. The van der Waals surface area contributed by atoms with Crippen LogP contribution < -0.4 is 4.74 Å². The number of likely N-dealkylation sites (N-methyl/N-ethyl adjacent to an activating group) is 1. The van der Waals surface area contributed by atoms with Crippen molar-refractivity contribution in [1.82, 2.24) is 14.7 Å². The molecule has 1 amide bonds. The van der Waals surface area contributed by atoms with Gasteiger partial charge in [-0.25, -0.2) is 4.39 Å². The fraction of sp³-hybridized carbons (Fsp3) is 0.667. The zero-order valence-electron chi connectivity index (χ0n) is 16.9. The van der Waals surface area contributed by atoms with Crippen LogP contribution in [0.2, 0.25) is 0 Å². The standard InChI is InChI=1S/C21H32FN3O3/c1-23-9-11-24(12-10-23)19-7-8-25(15-16(19)4-3-13-26)21(27)18-14-17(22)5-6-20(18)28-2/h5-6,14,16,19,26H,3-4,7-13,15H2,1-2H3/t16-,19+/m0/s1. The SMILES string of the molecule is COc1ccc(F)cc1C(=O)N1CC[C@@H](N2CCN(C)CC2)[C@@H](CCCO)C1. The van der Waals surface area contributed by atoms with E-state index in [1.807, 2.05) is 4.90 Å². The van der Waals surface area contributed by atoms with Gasteiger partial charge in [-0.05, 0) is 50.4 Å². The second kappa shape index (κ2) is 9.67. The summed E-state index contributed by atoms with van der Waals surface area (Å²) in [4.78, 5) is 19.8. The molecule has 0 saturated carbocycles. The molecule has 28 heavy (non-hydrogen) atoms. The third kappa shape index (κ3) is 4.82. The average Bonchev–Trinajstić information content (AvgIpc) is 2.72. The van der Waals surface area contributed by atoms with Gasteiger partial charge in [0.2, 0.25) is 0 Å². The highest BCUT2D eigenvalue weighted by atomic mass is 19.1. The Hall–Kier alpha value is -1.70. The van der Waals surface area contributed by atoms with Gasteiger partial charge in [-0.15, -0.1) is 0 Å². The molecule has 0 spiro atoms. The molecule has 3 rings (SSSR count). The van der Waals surface area contributed by atoms with Crippen LogP contribution in [0.15, 0.2) is 18.2 Å². The highest BCUT2D eigenvalue weighted by Gasteiger charge is 2.36. The van der Waals surface area contributed by atoms with Gasteiger partial charge in [0.1, 0.15) is 11.6 Å². The summed E-state index contributed by atoms with van der Waals surface area (Å²) in [7, 11) is 3.64. The second-order valence-electron chi connectivity index (χ2n) is 7.92. The van der Waals surface area contributed by atoms with Gasteiger partial charge < -0.3 is 19.6 Å². The first-order chi connectivity index (χ1) is 13.5. The Morgan fingerprint density at radius 2 is 2.00 bits per heavy atom. The monoisotopic (exact) mass is 393 g/mol. The summed E-state index contributed by atoms with van der Waals surface area (Å²) in [6.45, 7) is 5.67. The normalized spacial score (nSPS) is 24.4. The average molecular weight is 394 g/mol. The number of halogens is 1. The Morgan fingerprint density at radius 3 is 2.68 bits per heavy atom. The van der Waals surface area contributed by atoms with Gasteiger partial charge in [0.05, 0.1) is 12.7 Å². The van der Waals surface area contributed by atoms with E-state index in [2.05, 4.69) is 16.8 Å². The van der Waals surface area contributed by atoms with E-state index in [4.69, 9.17) is 4.74 Å². The Labute approximate surface area is 166 Å². The van der Waals surface area contributed by atoms with Gasteiger partial charge in [0.25, 0.3) is 5.91 Å². The van der Waals surface area contributed by atoms with Crippen LogP contribution in [0.25, 0.3) is 0 Å². The van der Waals surface area contributed by atoms with E-state index in [0.29, 0.717) is 30.8 Å². The third-order valence-corrected chi connectivity index (χ3v) is 6.11. The highest BCUT2D eigenvalue weighted by molar-refractivity contribution is 5.97. The van der Waals surface area contributed by atoms with Crippen molar-refractivity contribution in [3.05, 3.63) is 29.6 Å². The number of nitrogens with zero attached hydrogens (tertiary/aromatic N) is 3. The van der Waals surface area contributed by atoms with Crippen molar-refractivity contribution in [3.63, 3.8) is 0 Å². The van der Waals surface area contributed by atoms with E-state index in [9.17, 15) is 14.3 Å². The topological polar surface area (TPSA) is 56.2 Å². The number of hydrogen-bond donors (Lipinski definition) is 1.